The van der Waals surface area contributed by atoms with Crippen LogP contribution in [0.2, 0.25) is 0 Å². The summed E-state index contributed by atoms with van der Waals surface area (Å²) in [5.41, 5.74) is 0. The number of ether oxygens (including phenoxy) is 1. The Labute approximate surface area is 86.8 Å². The zero-order valence-corrected chi connectivity index (χ0v) is 9.17. The Kier molecular flexibility index (Phi) is 3.79. The highest BCUT2D eigenvalue weighted by molar-refractivity contribution is 4.85. The van der Waals surface area contributed by atoms with Gasteiger partial charge in [-0.05, 0) is 32.9 Å². The lowest BCUT2D eigenvalue weighted by molar-refractivity contribution is 0.0809. The summed E-state index contributed by atoms with van der Waals surface area (Å²) in [6, 6.07) is 1.45. The van der Waals surface area contributed by atoms with Crippen molar-refractivity contribution in [1.82, 2.24) is 10.2 Å². The summed E-state index contributed by atoms with van der Waals surface area (Å²) in [6.45, 7) is 4.34. The quantitative estimate of drug-likeness (QED) is 0.727. The van der Waals surface area contributed by atoms with Crippen molar-refractivity contribution in [1.29, 1.82) is 0 Å². The highest BCUT2D eigenvalue weighted by Crippen LogP contribution is 2.23. The molecule has 2 aliphatic rings. The molecule has 0 spiro atoms. The summed E-state index contributed by atoms with van der Waals surface area (Å²) < 4.78 is 5.47. The number of hydrogen-bond acceptors (Lipinski definition) is 3. The van der Waals surface area contributed by atoms with E-state index >= 15 is 0 Å². The molecule has 2 atom stereocenters. The topological polar surface area (TPSA) is 24.5 Å². The van der Waals surface area contributed by atoms with Crippen LogP contribution in [0.5, 0.6) is 0 Å². The molecule has 2 heterocycles. The van der Waals surface area contributed by atoms with E-state index in [2.05, 4.69) is 17.3 Å². The molecule has 0 aliphatic carbocycles. The van der Waals surface area contributed by atoms with Crippen LogP contribution in [-0.4, -0.2) is 50.3 Å². The van der Waals surface area contributed by atoms with E-state index < -0.39 is 0 Å². The molecule has 0 radical (unpaired) electrons. The van der Waals surface area contributed by atoms with Gasteiger partial charge in [0.2, 0.25) is 0 Å². The van der Waals surface area contributed by atoms with Crippen LogP contribution in [0.15, 0.2) is 0 Å². The molecule has 0 aromatic rings. The van der Waals surface area contributed by atoms with Crippen LogP contribution in [0.25, 0.3) is 0 Å². The molecule has 0 saturated carbocycles. The third kappa shape index (κ3) is 2.27. The van der Waals surface area contributed by atoms with Crippen LogP contribution in [0.4, 0.5) is 0 Å². The van der Waals surface area contributed by atoms with Gasteiger partial charge in [-0.15, -0.1) is 0 Å². The highest BCUT2D eigenvalue weighted by atomic mass is 16.5. The van der Waals surface area contributed by atoms with Gasteiger partial charge in [0, 0.05) is 25.2 Å². The van der Waals surface area contributed by atoms with Crippen LogP contribution in [0, 0.1) is 0 Å². The maximum Gasteiger partial charge on any atom is 0.0622 e. The number of likely N-dealkylation sites (tertiary alicyclic amines) is 1. The standard InChI is InChI=1S/C11H22N2O/c1-12-8-10-4-2-3-6-13(10)11-5-7-14-9-11/h10-12H,2-9H2,1H3. The Bertz CT molecular complexity index is 167. The zero-order valence-electron chi connectivity index (χ0n) is 9.17. The lowest BCUT2D eigenvalue weighted by Gasteiger charge is -2.39. The van der Waals surface area contributed by atoms with Crippen LogP contribution in [0.1, 0.15) is 25.7 Å². The Morgan fingerprint density at radius 2 is 2.29 bits per heavy atom. The molecule has 0 amide bonds. The molecule has 0 aromatic carbocycles. The van der Waals surface area contributed by atoms with E-state index in [0.29, 0.717) is 6.04 Å². The number of piperidine rings is 1. The maximum absolute atomic E-state index is 5.47. The van der Waals surface area contributed by atoms with Gasteiger partial charge in [0.15, 0.2) is 0 Å². The van der Waals surface area contributed by atoms with Gasteiger partial charge >= 0.3 is 0 Å². The minimum absolute atomic E-state index is 0.702. The van der Waals surface area contributed by atoms with Crippen LogP contribution < -0.4 is 5.32 Å². The molecular weight excluding hydrogens is 176 g/mol. The van der Waals surface area contributed by atoms with Crippen molar-refractivity contribution in [3.05, 3.63) is 0 Å². The first-order valence-electron chi connectivity index (χ1n) is 5.90. The predicted octanol–water partition coefficient (Wildman–Crippen LogP) is 0.849. The summed E-state index contributed by atoms with van der Waals surface area (Å²) in [6.07, 6.45) is 5.37. The smallest absolute Gasteiger partial charge is 0.0622 e. The second-order valence-electron chi connectivity index (χ2n) is 4.46. The van der Waals surface area contributed by atoms with Gasteiger partial charge in [0.25, 0.3) is 0 Å². The average Bonchev–Trinajstić information content (AvgIpc) is 2.72. The lowest BCUT2D eigenvalue weighted by atomic mass is 9.99. The van der Waals surface area contributed by atoms with E-state index in [9.17, 15) is 0 Å². The van der Waals surface area contributed by atoms with Crippen molar-refractivity contribution in [3.8, 4) is 0 Å². The number of hydrogen-bond donors (Lipinski definition) is 1. The first-order valence-corrected chi connectivity index (χ1v) is 5.90. The molecule has 0 aromatic heterocycles. The van der Waals surface area contributed by atoms with Gasteiger partial charge < -0.3 is 10.1 Å². The second-order valence-corrected chi connectivity index (χ2v) is 4.46. The van der Waals surface area contributed by atoms with Gasteiger partial charge in [-0.25, -0.2) is 0 Å². The van der Waals surface area contributed by atoms with Crippen molar-refractivity contribution in [2.24, 2.45) is 0 Å². The zero-order chi connectivity index (χ0) is 9.80. The van der Waals surface area contributed by atoms with E-state index in [1.807, 2.05) is 0 Å². The third-order valence-corrected chi connectivity index (χ3v) is 3.49. The fourth-order valence-electron chi connectivity index (χ4n) is 2.74. The first kappa shape index (κ1) is 10.4. The molecule has 2 rings (SSSR count). The highest BCUT2D eigenvalue weighted by Gasteiger charge is 2.30. The van der Waals surface area contributed by atoms with Crippen molar-refractivity contribution in [3.63, 3.8) is 0 Å². The van der Waals surface area contributed by atoms with Crippen molar-refractivity contribution < 1.29 is 4.74 Å². The lowest BCUT2D eigenvalue weighted by Crippen LogP contribution is -2.50. The SMILES string of the molecule is CNCC1CCCCN1C1CCOC1. The average molecular weight is 198 g/mol. The molecule has 0 bridgehead atoms. The summed E-state index contributed by atoms with van der Waals surface area (Å²) in [5, 5.41) is 3.31. The molecular formula is C11H22N2O. The summed E-state index contributed by atoms with van der Waals surface area (Å²) in [5.74, 6) is 0. The largest absolute Gasteiger partial charge is 0.380 e. The van der Waals surface area contributed by atoms with Gasteiger partial charge in [-0.3, -0.25) is 4.90 Å². The molecule has 3 heteroatoms. The fraction of sp³-hybridized carbons (Fsp3) is 1.00. The van der Waals surface area contributed by atoms with E-state index in [1.165, 1.54) is 32.2 Å². The number of nitrogens with zero attached hydrogens (tertiary/aromatic N) is 1. The van der Waals surface area contributed by atoms with Gasteiger partial charge in [0.05, 0.1) is 6.61 Å². The van der Waals surface area contributed by atoms with Crippen molar-refractivity contribution in [2.75, 3.05) is 33.4 Å². The second kappa shape index (κ2) is 5.10. The normalized spacial score (nSPS) is 34.9. The Balaban J connectivity index is 1.91. The van der Waals surface area contributed by atoms with E-state index in [4.69, 9.17) is 4.74 Å². The van der Waals surface area contributed by atoms with E-state index in [1.54, 1.807) is 0 Å². The van der Waals surface area contributed by atoms with Crippen molar-refractivity contribution in [2.45, 2.75) is 37.8 Å². The minimum Gasteiger partial charge on any atom is -0.380 e. The van der Waals surface area contributed by atoms with E-state index in [0.717, 1.165) is 25.8 Å². The first-order chi connectivity index (χ1) is 6.92. The fourth-order valence-corrected chi connectivity index (χ4v) is 2.74. The maximum atomic E-state index is 5.47. The Hall–Kier alpha value is -0.120. The Morgan fingerprint density at radius 3 is 3.00 bits per heavy atom. The van der Waals surface area contributed by atoms with Gasteiger partial charge in [-0.2, -0.15) is 0 Å². The predicted molar refractivity (Wildman–Crippen MR) is 57.5 cm³/mol. The molecule has 2 aliphatic heterocycles. The molecule has 2 unspecified atom stereocenters. The molecule has 3 nitrogen and oxygen atoms in total. The van der Waals surface area contributed by atoms with Crippen LogP contribution >= 0.6 is 0 Å². The molecule has 14 heavy (non-hydrogen) atoms. The summed E-state index contributed by atoms with van der Waals surface area (Å²) in [7, 11) is 2.05. The summed E-state index contributed by atoms with van der Waals surface area (Å²) in [4.78, 5) is 2.67. The van der Waals surface area contributed by atoms with Crippen molar-refractivity contribution >= 4 is 0 Å². The number of likely N-dealkylation sites (N-methyl/N-ethyl adjacent to an activating group) is 1. The minimum atomic E-state index is 0.702. The summed E-state index contributed by atoms with van der Waals surface area (Å²) >= 11 is 0. The molecule has 2 saturated heterocycles. The molecule has 1 N–H and O–H groups in total. The van der Waals surface area contributed by atoms with Gasteiger partial charge in [-0.1, -0.05) is 6.42 Å². The van der Waals surface area contributed by atoms with Crippen LogP contribution in [-0.2, 0) is 4.74 Å². The monoisotopic (exact) mass is 198 g/mol. The number of rotatable bonds is 3. The number of nitrogens with one attached hydrogen (secondary N) is 1. The van der Waals surface area contributed by atoms with E-state index in [-0.39, 0.29) is 0 Å². The Morgan fingerprint density at radius 1 is 1.36 bits per heavy atom. The van der Waals surface area contributed by atoms with Gasteiger partial charge in [0.1, 0.15) is 0 Å². The van der Waals surface area contributed by atoms with Crippen LogP contribution in [0.3, 0.4) is 0 Å². The molecule has 2 fully saturated rings. The molecule has 82 valence electrons. The third-order valence-electron chi connectivity index (χ3n) is 3.49.